The van der Waals surface area contributed by atoms with Crippen molar-refractivity contribution in [2.24, 2.45) is 0 Å². The molecule has 1 aliphatic rings. The van der Waals surface area contributed by atoms with Crippen LogP contribution in [-0.4, -0.2) is 22.4 Å². The second-order valence-corrected chi connectivity index (χ2v) is 8.12. The maximum Gasteiger partial charge on any atom is 0.253 e. The summed E-state index contributed by atoms with van der Waals surface area (Å²) in [6, 6.07) is 16.5. The summed E-state index contributed by atoms with van der Waals surface area (Å²) in [6.07, 6.45) is 6.58. The second kappa shape index (κ2) is 7.18. The van der Waals surface area contributed by atoms with Crippen LogP contribution in [0.3, 0.4) is 0 Å². The van der Waals surface area contributed by atoms with Crippen molar-refractivity contribution in [1.82, 2.24) is 15.3 Å². The van der Waals surface area contributed by atoms with Gasteiger partial charge in [0.2, 0.25) is 0 Å². The van der Waals surface area contributed by atoms with Crippen LogP contribution in [0.2, 0.25) is 0 Å². The molecule has 0 radical (unpaired) electrons. The van der Waals surface area contributed by atoms with Gasteiger partial charge in [-0.2, -0.15) is 0 Å². The van der Waals surface area contributed by atoms with E-state index >= 15 is 0 Å². The molecule has 5 rings (SSSR count). The molecule has 0 saturated carbocycles. The number of carbonyl (C=O) groups is 1. The molecular weight excluding hydrogens is 378 g/mol. The van der Waals surface area contributed by atoms with E-state index in [9.17, 15) is 4.79 Å². The Kier molecular flexibility index (Phi) is 4.37. The van der Waals surface area contributed by atoms with Gasteiger partial charge in [0, 0.05) is 51.3 Å². The molecule has 0 atom stereocenters. The number of rotatable bonds is 4. The molecule has 0 fully saturated rings. The lowest BCUT2D eigenvalue weighted by Crippen LogP contribution is -2.31. The van der Waals surface area contributed by atoms with Gasteiger partial charge in [0.05, 0.1) is 11.3 Å². The van der Waals surface area contributed by atoms with E-state index in [0.29, 0.717) is 6.54 Å². The Morgan fingerprint density at radius 3 is 2.90 bits per heavy atom. The summed E-state index contributed by atoms with van der Waals surface area (Å²) in [5.74, 6) is -0.0144. The zero-order chi connectivity index (χ0) is 19.8. The average Bonchev–Trinajstić information content (AvgIpc) is 3.36. The Morgan fingerprint density at radius 2 is 2.07 bits per heavy atom. The first-order valence-electron chi connectivity index (χ1n) is 9.51. The number of fused-ring (bicyclic) bond motifs is 2. The largest absolute Gasteiger partial charge is 0.358 e. The van der Waals surface area contributed by atoms with Crippen LogP contribution in [0.5, 0.6) is 0 Å². The highest BCUT2D eigenvalue weighted by Crippen LogP contribution is 2.30. The van der Waals surface area contributed by atoms with Gasteiger partial charge in [0.1, 0.15) is 0 Å². The first-order chi connectivity index (χ1) is 14.2. The molecule has 1 amide bonds. The molecule has 4 aromatic rings. The summed E-state index contributed by atoms with van der Waals surface area (Å²) in [7, 11) is 0. The minimum Gasteiger partial charge on any atom is -0.358 e. The van der Waals surface area contributed by atoms with Crippen molar-refractivity contribution in [1.29, 1.82) is 0 Å². The van der Waals surface area contributed by atoms with Gasteiger partial charge >= 0.3 is 0 Å². The number of hydrogen-bond donors (Lipinski definition) is 2. The zero-order valence-electron chi connectivity index (χ0n) is 15.7. The van der Waals surface area contributed by atoms with Gasteiger partial charge in [-0.05, 0) is 41.8 Å². The van der Waals surface area contributed by atoms with Crippen LogP contribution in [0.25, 0.3) is 33.0 Å². The fraction of sp³-hybridized carbons (Fsp3) is 0.0833. The summed E-state index contributed by atoms with van der Waals surface area (Å²) >= 11 is 1.75. The number of aromatic nitrogens is 2. The first-order valence-corrected chi connectivity index (χ1v) is 10.3. The van der Waals surface area contributed by atoms with Crippen LogP contribution in [-0.2, 0) is 6.42 Å². The number of hydrogen-bond acceptors (Lipinski definition) is 3. The Bertz CT molecular complexity index is 1250. The van der Waals surface area contributed by atoms with Crippen LogP contribution in [0.1, 0.15) is 26.6 Å². The van der Waals surface area contributed by atoms with E-state index in [4.69, 9.17) is 0 Å². The lowest BCUT2D eigenvalue weighted by atomic mass is 10.1. The van der Waals surface area contributed by atoms with Gasteiger partial charge in [-0.3, -0.25) is 9.78 Å². The highest BCUT2D eigenvalue weighted by Gasteiger charge is 2.20. The molecule has 142 valence electrons. The molecule has 0 aliphatic carbocycles. The van der Waals surface area contributed by atoms with Gasteiger partial charge < -0.3 is 10.3 Å². The fourth-order valence-corrected chi connectivity index (χ4v) is 4.69. The number of benzene rings is 1. The summed E-state index contributed by atoms with van der Waals surface area (Å²) in [5.41, 5.74) is 5.47. The van der Waals surface area contributed by atoms with Gasteiger partial charge in [-0.1, -0.05) is 30.9 Å². The Hall–Kier alpha value is -3.44. The van der Waals surface area contributed by atoms with Crippen molar-refractivity contribution in [2.75, 3.05) is 6.54 Å². The number of carbonyl (C=O) groups excluding carboxylic acids is 1. The molecule has 2 N–H and O–H groups in total. The van der Waals surface area contributed by atoms with E-state index in [1.54, 1.807) is 17.5 Å². The van der Waals surface area contributed by atoms with Crippen molar-refractivity contribution in [3.63, 3.8) is 0 Å². The number of nitrogens with one attached hydrogen (secondary N) is 2. The molecule has 29 heavy (non-hydrogen) atoms. The lowest BCUT2D eigenvalue weighted by molar-refractivity contribution is 0.0946. The highest BCUT2D eigenvalue weighted by molar-refractivity contribution is 7.19. The van der Waals surface area contributed by atoms with Crippen LogP contribution >= 0.6 is 11.3 Å². The van der Waals surface area contributed by atoms with Crippen molar-refractivity contribution >= 4 is 39.0 Å². The average molecular weight is 398 g/mol. The van der Waals surface area contributed by atoms with Crippen LogP contribution in [0.15, 0.2) is 67.4 Å². The maximum atomic E-state index is 12.1. The standard InChI is InChI=1S/C24H19N3OS/c1-2-15(11-18-12-17-5-3-4-6-23(17)29-18)21-13-16(7-9-25-21)22-14-19-20(27-22)8-10-26-24(19)28/h2-7,9,11-14,27H,1,8,10H2,(H,26,28)/b15-11+. The molecule has 3 aromatic heterocycles. The molecule has 5 heteroatoms. The van der Waals surface area contributed by atoms with Crippen molar-refractivity contribution in [3.05, 3.63) is 89.2 Å². The van der Waals surface area contributed by atoms with Crippen LogP contribution in [0, 0.1) is 0 Å². The fourth-order valence-electron chi connectivity index (χ4n) is 3.67. The summed E-state index contributed by atoms with van der Waals surface area (Å²) in [4.78, 5) is 21.2. The highest BCUT2D eigenvalue weighted by atomic mass is 32.1. The molecule has 0 unspecified atom stereocenters. The minimum absolute atomic E-state index is 0.0144. The predicted molar refractivity (Wildman–Crippen MR) is 120 cm³/mol. The quantitative estimate of drug-likeness (QED) is 0.459. The number of amides is 1. The third kappa shape index (κ3) is 3.30. The normalized spacial score (nSPS) is 13.9. The Labute approximate surface area is 172 Å². The van der Waals surface area contributed by atoms with Crippen LogP contribution < -0.4 is 5.32 Å². The number of thiophene rings is 1. The van der Waals surface area contributed by atoms with Crippen molar-refractivity contribution in [3.8, 4) is 11.3 Å². The van der Waals surface area contributed by atoms with E-state index < -0.39 is 0 Å². The van der Waals surface area contributed by atoms with Gasteiger partial charge in [0.25, 0.3) is 5.91 Å². The van der Waals surface area contributed by atoms with Crippen molar-refractivity contribution < 1.29 is 4.79 Å². The third-order valence-corrected chi connectivity index (χ3v) is 6.20. The first kappa shape index (κ1) is 17.6. The molecule has 0 spiro atoms. The Morgan fingerprint density at radius 1 is 1.17 bits per heavy atom. The van der Waals surface area contributed by atoms with Gasteiger partial charge in [0.15, 0.2) is 0 Å². The molecular formula is C24H19N3OS. The monoisotopic (exact) mass is 397 g/mol. The molecule has 0 saturated heterocycles. The molecule has 1 aromatic carbocycles. The number of H-pyrrole nitrogens is 1. The maximum absolute atomic E-state index is 12.1. The molecule has 1 aliphatic heterocycles. The Balaban J connectivity index is 1.52. The summed E-state index contributed by atoms with van der Waals surface area (Å²) < 4.78 is 1.26. The second-order valence-electron chi connectivity index (χ2n) is 7.00. The zero-order valence-corrected chi connectivity index (χ0v) is 16.6. The van der Waals surface area contributed by atoms with E-state index in [1.165, 1.54) is 15.0 Å². The number of pyridine rings is 1. The summed E-state index contributed by atoms with van der Waals surface area (Å²) in [6.45, 7) is 4.66. The third-order valence-electron chi connectivity index (χ3n) is 5.13. The van der Waals surface area contributed by atoms with E-state index in [1.807, 2.05) is 24.3 Å². The smallest absolute Gasteiger partial charge is 0.253 e. The number of nitrogens with zero attached hydrogens (tertiary/aromatic N) is 1. The summed E-state index contributed by atoms with van der Waals surface area (Å²) in [5, 5.41) is 4.13. The van der Waals surface area contributed by atoms with E-state index in [0.717, 1.165) is 40.2 Å². The van der Waals surface area contributed by atoms with E-state index in [-0.39, 0.29) is 5.91 Å². The topological polar surface area (TPSA) is 57.8 Å². The minimum atomic E-state index is -0.0144. The molecule has 4 nitrogen and oxygen atoms in total. The molecule has 0 bridgehead atoms. The number of allylic oxidation sites excluding steroid dienone is 2. The predicted octanol–water partition coefficient (Wildman–Crippen LogP) is 5.30. The van der Waals surface area contributed by atoms with Gasteiger partial charge in [-0.25, -0.2) is 0 Å². The van der Waals surface area contributed by atoms with Crippen LogP contribution in [0.4, 0.5) is 0 Å². The molecule has 4 heterocycles. The lowest BCUT2D eigenvalue weighted by Gasteiger charge is -2.10. The van der Waals surface area contributed by atoms with Gasteiger partial charge in [-0.15, -0.1) is 11.3 Å². The number of aromatic amines is 1. The van der Waals surface area contributed by atoms with E-state index in [2.05, 4.69) is 58.3 Å². The van der Waals surface area contributed by atoms with Crippen molar-refractivity contribution in [2.45, 2.75) is 6.42 Å². The SMILES string of the molecule is C=C/C(=C\c1cc2ccccc2s1)c1cc(-c2cc3c([nH]2)CCNC3=O)ccn1.